The van der Waals surface area contributed by atoms with Gasteiger partial charge < -0.3 is 15.2 Å². The maximum Gasteiger partial charge on any atom is 0.516 e. The Hall–Kier alpha value is -2.30. The Morgan fingerprint density at radius 2 is 1.80 bits per heavy atom. The molecule has 0 spiro atoms. The third-order valence-corrected chi connectivity index (χ3v) is 2.26. The predicted octanol–water partition coefficient (Wildman–Crippen LogP) is 3.15. The van der Waals surface area contributed by atoms with Gasteiger partial charge in [-0.05, 0) is 45.4 Å². The number of carbonyl (C=O) groups is 2. The highest BCUT2D eigenvalue weighted by Crippen LogP contribution is 2.16. The summed E-state index contributed by atoms with van der Waals surface area (Å²) in [4.78, 5) is 23.1. The van der Waals surface area contributed by atoms with Crippen molar-refractivity contribution < 1.29 is 19.1 Å². The van der Waals surface area contributed by atoms with Gasteiger partial charge in [-0.15, -0.1) is 0 Å². The Balaban J connectivity index is 2.73. The van der Waals surface area contributed by atoms with Crippen molar-refractivity contribution in [1.82, 2.24) is 0 Å². The van der Waals surface area contributed by atoms with Gasteiger partial charge in [0.1, 0.15) is 5.60 Å². The quantitative estimate of drug-likeness (QED) is 0.389. The molecule has 5 heteroatoms. The van der Waals surface area contributed by atoms with Crippen molar-refractivity contribution >= 4 is 23.9 Å². The highest BCUT2D eigenvalue weighted by atomic mass is 16.7. The molecular weight excluding hydrogens is 258 g/mol. The SMILES string of the molecule is CC(=Cc1ccccc1N)C(=O)OC(=O)OC(C)(C)C. The van der Waals surface area contributed by atoms with Crippen LogP contribution in [-0.4, -0.2) is 17.7 Å². The van der Waals surface area contributed by atoms with Crippen molar-refractivity contribution in [1.29, 1.82) is 0 Å². The number of carbonyl (C=O) groups excluding carboxylic acids is 2. The monoisotopic (exact) mass is 277 g/mol. The molecule has 0 aliphatic rings. The van der Waals surface area contributed by atoms with E-state index in [1.165, 1.54) is 0 Å². The number of ether oxygens (including phenoxy) is 2. The van der Waals surface area contributed by atoms with Crippen LogP contribution in [0.3, 0.4) is 0 Å². The van der Waals surface area contributed by atoms with E-state index in [1.807, 2.05) is 0 Å². The highest BCUT2D eigenvalue weighted by Gasteiger charge is 2.20. The Kier molecular flexibility index (Phi) is 4.91. The molecule has 0 aromatic heterocycles. The molecule has 0 aliphatic carbocycles. The summed E-state index contributed by atoms with van der Waals surface area (Å²) >= 11 is 0. The van der Waals surface area contributed by atoms with Crippen molar-refractivity contribution in [2.75, 3.05) is 5.73 Å². The molecule has 1 aromatic carbocycles. The number of hydrogen-bond donors (Lipinski definition) is 1. The number of esters is 1. The van der Waals surface area contributed by atoms with Crippen LogP contribution in [0.25, 0.3) is 6.08 Å². The summed E-state index contributed by atoms with van der Waals surface area (Å²) in [5, 5.41) is 0. The molecule has 0 heterocycles. The average molecular weight is 277 g/mol. The van der Waals surface area contributed by atoms with Crippen molar-refractivity contribution in [2.24, 2.45) is 0 Å². The summed E-state index contributed by atoms with van der Waals surface area (Å²) in [6.45, 7) is 6.60. The number of benzene rings is 1. The molecule has 2 N–H and O–H groups in total. The van der Waals surface area contributed by atoms with E-state index in [-0.39, 0.29) is 5.57 Å². The van der Waals surface area contributed by atoms with E-state index in [4.69, 9.17) is 10.5 Å². The van der Waals surface area contributed by atoms with Crippen LogP contribution in [0.1, 0.15) is 33.3 Å². The largest absolute Gasteiger partial charge is 0.516 e. The maximum atomic E-state index is 11.7. The summed E-state index contributed by atoms with van der Waals surface area (Å²) < 4.78 is 9.49. The van der Waals surface area contributed by atoms with E-state index in [0.717, 1.165) is 0 Å². The second kappa shape index (κ2) is 6.23. The molecular formula is C15H19NO4. The molecule has 0 amide bonds. The molecule has 20 heavy (non-hydrogen) atoms. The van der Waals surface area contributed by atoms with Crippen molar-refractivity contribution in [3.8, 4) is 0 Å². The van der Waals surface area contributed by atoms with Gasteiger partial charge in [0.15, 0.2) is 0 Å². The number of para-hydroxylation sites is 1. The zero-order chi connectivity index (χ0) is 15.3. The molecule has 0 radical (unpaired) electrons. The van der Waals surface area contributed by atoms with E-state index >= 15 is 0 Å². The number of nitrogen functional groups attached to an aromatic ring is 1. The zero-order valence-corrected chi connectivity index (χ0v) is 12.1. The van der Waals surface area contributed by atoms with Crippen LogP contribution in [0.4, 0.5) is 10.5 Å². The van der Waals surface area contributed by atoms with Crippen LogP contribution in [-0.2, 0) is 14.3 Å². The average Bonchev–Trinajstić information content (AvgIpc) is 2.29. The molecule has 0 unspecified atom stereocenters. The lowest BCUT2D eigenvalue weighted by Crippen LogP contribution is -2.26. The summed E-state index contributed by atoms with van der Waals surface area (Å²) in [5.74, 6) is -0.762. The summed E-state index contributed by atoms with van der Waals surface area (Å²) in [6, 6.07) is 7.08. The smallest absolute Gasteiger partial charge is 0.428 e. The number of anilines is 1. The van der Waals surface area contributed by atoms with Gasteiger partial charge in [0, 0.05) is 11.3 Å². The van der Waals surface area contributed by atoms with Crippen LogP contribution < -0.4 is 5.73 Å². The van der Waals surface area contributed by atoms with Crippen LogP contribution >= 0.6 is 0 Å². The fourth-order valence-electron chi connectivity index (χ4n) is 1.36. The van der Waals surface area contributed by atoms with Gasteiger partial charge in [-0.2, -0.15) is 0 Å². The molecule has 0 bridgehead atoms. The van der Waals surface area contributed by atoms with Gasteiger partial charge in [-0.3, -0.25) is 0 Å². The van der Waals surface area contributed by atoms with E-state index in [1.54, 1.807) is 58.0 Å². The molecule has 1 rings (SSSR count). The Morgan fingerprint density at radius 3 is 2.35 bits per heavy atom. The first-order valence-corrected chi connectivity index (χ1v) is 6.17. The number of hydrogen-bond acceptors (Lipinski definition) is 5. The Bertz CT molecular complexity index is 541. The first kappa shape index (κ1) is 15.8. The molecule has 0 saturated heterocycles. The minimum Gasteiger partial charge on any atom is -0.428 e. The highest BCUT2D eigenvalue weighted by molar-refractivity contribution is 5.98. The van der Waals surface area contributed by atoms with E-state index < -0.39 is 17.7 Å². The van der Waals surface area contributed by atoms with Crippen LogP contribution in [0.2, 0.25) is 0 Å². The van der Waals surface area contributed by atoms with Gasteiger partial charge in [-0.1, -0.05) is 18.2 Å². The predicted molar refractivity (Wildman–Crippen MR) is 76.8 cm³/mol. The molecule has 1 aromatic rings. The van der Waals surface area contributed by atoms with Gasteiger partial charge in [0.25, 0.3) is 0 Å². The second-order valence-corrected chi connectivity index (χ2v) is 5.31. The molecule has 108 valence electrons. The lowest BCUT2D eigenvalue weighted by atomic mass is 10.1. The third-order valence-electron chi connectivity index (χ3n) is 2.26. The number of nitrogens with two attached hydrogens (primary N) is 1. The van der Waals surface area contributed by atoms with Crippen molar-refractivity contribution in [3.63, 3.8) is 0 Å². The van der Waals surface area contributed by atoms with E-state index in [2.05, 4.69) is 4.74 Å². The minimum atomic E-state index is -1.02. The van der Waals surface area contributed by atoms with Gasteiger partial charge in [0.2, 0.25) is 0 Å². The zero-order valence-electron chi connectivity index (χ0n) is 12.1. The summed E-state index contributed by atoms with van der Waals surface area (Å²) in [5.41, 5.74) is 6.54. The van der Waals surface area contributed by atoms with E-state index in [9.17, 15) is 9.59 Å². The Morgan fingerprint density at radius 1 is 1.20 bits per heavy atom. The fraction of sp³-hybridized carbons (Fsp3) is 0.333. The van der Waals surface area contributed by atoms with Crippen molar-refractivity contribution in [3.05, 3.63) is 35.4 Å². The van der Waals surface area contributed by atoms with Gasteiger partial charge >= 0.3 is 12.1 Å². The van der Waals surface area contributed by atoms with Gasteiger partial charge in [0.05, 0.1) is 0 Å². The second-order valence-electron chi connectivity index (χ2n) is 5.31. The third kappa shape index (κ3) is 5.14. The van der Waals surface area contributed by atoms with Crippen LogP contribution in [0, 0.1) is 0 Å². The van der Waals surface area contributed by atoms with Gasteiger partial charge in [-0.25, -0.2) is 9.59 Å². The summed E-state index contributed by atoms with van der Waals surface area (Å²) in [6.07, 6.45) is 0.540. The molecule has 0 aliphatic heterocycles. The van der Waals surface area contributed by atoms with Crippen LogP contribution in [0.5, 0.6) is 0 Å². The molecule has 0 fully saturated rings. The first-order valence-electron chi connectivity index (χ1n) is 6.17. The minimum absolute atomic E-state index is 0.258. The van der Waals surface area contributed by atoms with Crippen LogP contribution in [0.15, 0.2) is 29.8 Å². The number of rotatable bonds is 2. The molecule has 5 nitrogen and oxygen atoms in total. The Labute approximate surface area is 118 Å². The summed E-state index contributed by atoms with van der Waals surface area (Å²) in [7, 11) is 0. The lowest BCUT2D eigenvalue weighted by molar-refractivity contribution is -0.136. The van der Waals surface area contributed by atoms with Crippen molar-refractivity contribution in [2.45, 2.75) is 33.3 Å². The topological polar surface area (TPSA) is 78.6 Å². The standard InChI is InChI=1S/C15H19NO4/c1-10(9-11-7-5-6-8-12(11)16)13(17)19-14(18)20-15(2,3)4/h5-9H,16H2,1-4H3. The molecule has 0 saturated carbocycles. The molecule has 0 atom stereocenters. The lowest BCUT2D eigenvalue weighted by Gasteiger charge is -2.18. The first-order chi connectivity index (χ1) is 9.19. The fourth-order valence-corrected chi connectivity index (χ4v) is 1.36. The maximum absolute atomic E-state index is 11.7. The van der Waals surface area contributed by atoms with E-state index in [0.29, 0.717) is 11.3 Å². The normalized spacial score (nSPS) is 11.9.